The summed E-state index contributed by atoms with van der Waals surface area (Å²) < 4.78 is 0. The Bertz CT molecular complexity index is 780. The van der Waals surface area contributed by atoms with Crippen LogP contribution in [0, 0.1) is 0 Å². The molecule has 8 heteroatoms. The lowest BCUT2D eigenvalue weighted by molar-refractivity contribution is -0.295. The van der Waals surface area contributed by atoms with Crippen molar-refractivity contribution in [2.24, 2.45) is 0 Å². The summed E-state index contributed by atoms with van der Waals surface area (Å²) in [5.41, 5.74) is -3.37. The summed E-state index contributed by atoms with van der Waals surface area (Å²) in [7, 11) is 0. The third-order valence-electron chi connectivity index (χ3n) is 8.77. The number of hydroxylamine groups is 4. The molecule has 3 aliphatic rings. The van der Waals surface area contributed by atoms with Crippen LogP contribution in [-0.4, -0.2) is 66.6 Å². The van der Waals surface area contributed by atoms with Crippen molar-refractivity contribution >= 4 is 11.8 Å². The molecule has 1 saturated carbocycles. The fourth-order valence-corrected chi connectivity index (χ4v) is 7.70. The summed E-state index contributed by atoms with van der Waals surface area (Å²) in [6.45, 7) is 17.0. The van der Waals surface area contributed by atoms with Crippen LogP contribution in [0.2, 0.25) is 0 Å². The summed E-state index contributed by atoms with van der Waals surface area (Å²) >= 11 is 0. The van der Waals surface area contributed by atoms with Gasteiger partial charge < -0.3 is 10.2 Å². The van der Waals surface area contributed by atoms with Gasteiger partial charge in [-0.2, -0.15) is 0 Å². The first-order chi connectivity index (χ1) is 15.9. The third kappa shape index (κ3) is 5.27. The Morgan fingerprint density at radius 3 is 1.51 bits per heavy atom. The first-order valence-electron chi connectivity index (χ1n) is 13.4. The number of hydrogen-bond donors (Lipinski definition) is 1. The highest BCUT2D eigenvalue weighted by Gasteiger charge is 2.55. The second kappa shape index (κ2) is 9.26. The van der Waals surface area contributed by atoms with E-state index in [2.05, 4.69) is 5.32 Å². The van der Waals surface area contributed by atoms with E-state index in [-0.39, 0.29) is 23.9 Å². The highest BCUT2D eigenvalue weighted by atomic mass is 16.5. The molecule has 2 aliphatic heterocycles. The van der Waals surface area contributed by atoms with Gasteiger partial charge in [-0.05, 0) is 93.9 Å². The monoisotopic (exact) mass is 492 g/mol. The molecule has 2 radical (unpaired) electrons. The van der Waals surface area contributed by atoms with E-state index in [1.165, 1.54) is 10.1 Å². The highest BCUT2D eigenvalue weighted by molar-refractivity contribution is 5.91. The van der Waals surface area contributed by atoms with E-state index in [4.69, 9.17) is 0 Å². The van der Waals surface area contributed by atoms with Gasteiger partial charge in [0.2, 0.25) is 11.8 Å². The van der Waals surface area contributed by atoms with Crippen molar-refractivity contribution < 1.29 is 20.0 Å². The number of carbonyl (C=O) groups excluding carboxylic acids is 2. The quantitative estimate of drug-likeness (QED) is 0.630. The fourth-order valence-electron chi connectivity index (χ4n) is 7.70. The van der Waals surface area contributed by atoms with Crippen molar-refractivity contribution in [1.29, 1.82) is 0 Å². The zero-order valence-electron chi connectivity index (χ0n) is 23.5. The number of amides is 2. The van der Waals surface area contributed by atoms with Crippen LogP contribution in [-0.2, 0) is 20.0 Å². The predicted octanol–water partition coefficient (Wildman–Crippen LogP) is 4.39. The van der Waals surface area contributed by atoms with Crippen LogP contribution in [0.1, 0.15) is 120 Å². The molecule has 0 unspecified atom stereocenters. The van der Waals surface area contributed by atoms with E-state index in [0.29, 0.717) is 38.5 Å². The average Bonchev–Trinajstić information content (AvgIpc) is 2.70. The number of hydrogen-bond acceptors (Lipinski definition) is 4. The molecule has 3 fully saturated rings. The van der Waals surface area contributed by atoms with Crippen molar-refractivity contribution in [3.63, 3.8) is 0 Å². The first-order valence-corrected chi connectivity index (χ1v) is 13.4. The fraction of sp³-hybridized carbons (Fsp3) is 0.926. The van der Waals surface area contributed by atoms with Crippen molar-refractivity contribution in [3.05, 3.63) is 0 Å². The lowest BCUT2D eigenvalue weighted by Crippen LogP contribution is -2.70. The van der Waals surface area contributed by atoms with Crippen LogP contribution in [0.25, 0.3) is 0 Å². The van der Waals surface area contributed by atoms with Crippen molar-refractivity contribution in [3.8, 4) is 0 Å². The number of nitrogens with zero attached hydrogens (tertiary/aromatic N) is 3. The van der Waals surface area contributed by atoms with Crippen LogP contribution < -0.4 is 5.32 Å². The van der Waals surface area contributed by atoms with Crippen LogP contribution >= 0.6 is 0 Å². The van der Waals surface area contributed by atoms with Crippen LogP contribution in [0.3, 0.4) is 0 Å². The zero-order valence-corrected chi connectivity index (χ0v) is 23.5. The SMILES string of the molecule is CC(=O)N(C1CC(C)(C)N([O])C(C)(C)C1)C1(C(=O)NC2CC(C)(C)N([O])C(C)(C)C2)CCCCC1. The minimum Gasteiger partial charge on any atom is -0.351 e. The summed E-state index contributed by atoms with van der Waals surface area (Å²) in [6, 6.07) is -0.329. The second-order valence-corrected chi connectivity index (χ2v) is 14.0. The molecule has 2 amide bonds. The van der Waals surface area contributed by atoms with E-state index < -0.39 is 27.7 Å². The Hall–Kier alpha value is -1.22. The van der Waals surface area contributed by atoms with E-state index >= 15 is 0 Å². The lowest BCUT2D eigenvalue weighted by Gasteiger charge is -2.57. The maximum Gasteiger partial charge on any atom is 0.246 e. The topological polar surface area (TPSA) is 95.7 Å². The summed E-state index contributed by atoms with van der Waals surface area (Å²) in [5.74, 6) is -0.198. The first kappa shape index (κ1) is 28.4. The average molecular weight is 493 g/mol. The zero-order chi connectivity index (χ0) is 26.6. The van der Waals surface area contributed by atoms with Gasteiger partial charge in [-0.15, -0.1) is 20.5 Å². The minimum atomic E-state index is -0.922. The minimum absolute atomic E-state index is 0.0940. The maximum absolute atomic E-state index is 14.2. The predicted molar refractivity (Wildman–Crippen MR) is 134 cm³/mol. The summed E-state index contributed by atoms with van der Waals surface area (Å²) in [6.07, 6.45) is 6.28. The van der Waals surface area contributed by atoms with Gasteiger partial charge in [0.15, 0.2) is 0 Å². The molecule has 3 rings (SSSR count). The second-order valence-electron chi connectivity index (χ2n) is 14.0. The molecule has 2 saturated heterocycles. The number of nitrogens with one attached hydrogen (secondary N) is 1. The van der Waals surface area contributed by atoms with Crippen LogP contribution in [0.15, 0.2) is 0 Å². The molecule has 0 bridgehead atoms. The lowest BCUT2D eigenvalue weighted by atomic mass is 9.73. The molecule has 0 spiro atoms. The Morgan fingerprint density at radius 1 is 0.714 bits per heavy atom. The Kier molecular flexibility index (Phi) is 7.50. The van der Waals surface area contributed by atoms with Crippen LogP contribution in [0.4, 0.5) is 0 Å². The number of piperidine rings is 2. The molecule has 1 N–H and O–H groups in total. The largest absolute Gasteiger partial charge is 0.351 e. The molecule has 0 aromatic carbocycles. The summed E-state index contributed by atoms with van der Waals surface area (Å²) in [4.78, 5) is 29.4. The smallest absolute Gasteiger partial charge is 0.246 e. The maximum atomic E-state index is 14.2. The molecule has 2 heterocycles. The van der Waals surface area contributed by atoms with E-state index in [0.717, 1.165) is 19.3 Å². The molecule has 0 atom stereocenters. The van der Waals surface area contributed by atoms with Gasteiger partial charge in [-0.25, -0.2) is 0 Å². The van der Waals surface area contributed by atoms with Crippen molar-refractivity contribution in [1.82, 2.24) is 20.3 Å². The number of carbonyl (C=O) groups is 2. The third-order valence-corrected chi connectivity index (χ3v) is 8.77. The molecule has 35 heavy (non-hydrogen) atoms. The molecule has 0 aromatic rings. The normalized spacial score (nSPS) is 28.9. The van der Waals surface area contributed by atoms with E-state index in [9.17, 15) is 20.0 Å². The molecular weight excluding hydrogens is 444 g/mol. The van der Waals surface area contributed by atoms with Crippen LogP contribution in [0.5, 0.6) is 0 Å². The van der Waals surface area contributed by atoms with E-state index in [1.54, 1.807) is 6.92 Å². The standard InChI is InChI=1S/C27H48N4O4/c1-19(32)29(21-17-25(6,7)31(35)26(8,9)18-21)27(13-11-10-12-14-27)22(33)28-20-15-23(2,3)30(34)24(4,5)16-20/h20-21H,10-18H2,1-9H3,(H,28,33). The van der Waals surface area contributed by atoms with Gasteiger partial charge in [0, 0.05) is 41.2 Å². The Morgan fingerprint density at radius 2 is 1.11 bits per heavy atom. The van der Waals surface area contributed by atoms with Gasteiger partial charge in [0.1, 0.15) is 5.54 Å². The van der Waals surface area contributed by atoms with Gasteiger partial charge in [-0.3, -0.25) is 9.59 Å². The highest BCUT2D eigenvalue weighted by Crippen LogP contribution is 2.45. The van der Waals surface area contributed by atoms with Crippen molar-refractivity contribution in [2.45, 2.75) is 160 Å². The van der Waals surface area contributed by atoms with Crippen molar-refractivity contribution in [2.75, 3.05) is 0 Å². The van der Waals surface area contributed by atoms with Gasteiger partial charge in [-0.1, -0.05) is 19.3 Å². The van der Waals surface area contributed by atoms with Gasteiger partial charge >= 0.3 is 0 Å². The van der Waals surface area contributed by atoms with E-state index in [1.807, 2.05) is 60.3 Å². The molecule has 200 valence electrons. The Balaban J connectivity index is 1.95. The molecule has 0 aromatic heterocycles. The Labute approximate surface area is 212 Å². The van der Waals surface area contributed by atoms with Gasteiger partial charge in [0.25, 0.3) is 0 Å². The molecule has 1 aliphatic carbocycles. The molecule has 8 nitrogen and oxygen atoms in total. The molecular formula is C27H48N4O4. The number of rotatable bonds is 4. The van der Waals surface area contributed by atoms with Gasteiger partial charge in [0.05, 0.1) is 0 Å². The summed E-state index contributed by atoms with van der Waals surface area (Å²) in [5, 5.41) is 31.5.